The number of hydrogen-bond acceptors (Lipinski definition) is 2. The summed E-state index contributed by atoms with van der Waals surface area (Å²) in [5, 5.41) is 8.67. The second-order valence-electron chi connectivity index (χ2n) is 9.49. The molecule has 1 aromatic carbocycles. The molecule has 0 aromatic heterocycles. The minimum atomic E-state index is 0.364. The standard InChI is InChI=1S/C21H27NO/c1-19(2,3)21-11-15-8-16(12-21)10-20(9-15,13-21)17-4-6-18(7-5-17)23-14-22/h4-7,15-16H,8-13H2,1-3H3. The highest BCUT2D eigenvalue weighted by atomic mass is 16.5. The van der Waals surface area contributed by atoms with Crippen LogP contribution in [-0.4, -0.2) is 0 Å². The Hall–Kier alpha value is -1.49. The van der Waals surface area contributed by atoms with Gasteiger partial charge in [0.1, 0.15) is 5.75 Å². The lowest BCUT2D eigenvalue weighted by Gasteiger charge is -2.66. The van der Waals surface area contributed by atoms with Gasteiger partial charge in [-0.2, -0.15) is 0 Å². The van der Waals surface area contributed by atoms with Gasteiger partial charge in [-0.3, -0.25) is 0 Å². The maximum absolute atomic E-state index is 8.67. The first-order valence-corrected chi connectivity index (χ1v) is 9.02. The molecular weight excluding hydrogens is 282 g/mol. The first kappa shape index (κ1) is 15.1. The molecule has 0 radical (unpaired) electrons. The first-order valence-electron chi connectivity index (χ1n) is 9.02. The van der Waals surface area contributed by atoms with Crippen LogP contribution in [0.4, 0.5) is 0 Å². The molecule has 1 aromatic rings. The zero-order valence-electron chi connectivity index (χ0n) is 14.6. The van der Waals surface area contributed by atoms with Crippen LogP contribution in [0.2, 0.25) is 0 Å². The van der Waals surface area contributed by atoms with Gasteiger partial charge in [0.2, 0.25) is 0 Å². The molecular formula is C21H27NO. The van der Waals surface area contributed by atoms with E-state index in [1.807, 2.05) is 12.1 Å². The minimum Gasteiger partial charge on any atom is -0.388 e. The van der Waals surface area contributed by atoms with Gasteiger partial charge in [0.05, 0.1) is 0 Å². The third kappa shape index (κ3) is 2.20. The van der Waals surface area contributed by atoms with Gasteiger partial charge in [-0.15, -0.1) is 5.26 Å². The van der Waals surface area contributed by atoms with Crippen molar-refractivity contribution in [2.75, 3.05) is 0 Å². The Balaban J connectivity index is 1.72. The molecule has 4 fully saturated rings. The molecule has 0 aliphatic heterocycles. The lowest BCUT2D eigenvalue weighted by atomic mass is 9.38. The third-order valence-electron chi connectivity index (χ3n) is 7.28. The molecule has 4 aliphatic rings. The molecule has 0 spiro atoms. The number of ether oxygens (including phenoxy) is 1. The fourth-order valence-electron chi connectivity index (χ4n) is 6.41. The van der Waals surface area contributed by atoms with E-state index < -0.39 is 0 Å². The van der Waals surface area contributed by atoms with Crippen LogP contribution in [0.3, 0.4) is 0 Å². The van der Waals surface area contributed by atoms with Gasteiger partial charge in [-0.05, 0) is 84.3 Å². The summed E-state index contributed by atoms with van der Waals surface area (Å²) in [7, 11) is 0. The third-order valence-corrected chi connectivity index (χ3v) is 7.28. The molecule has 4 saturated carbocycles. The van der Waals surface area contributed by atoms with Gasteiger partial charge in [0.25, 0.3) is 6.26 Å². The summed E-state index contributed by atoms with van der Waals surface area (Å²) in [5.74, 6) is 2.47. The lowest BCUT2D eigenvalue weighted by molar-refractivity contribution is -0.127. The Bertz CT molecular complexity index is 632. The van der Waals surface area contributed by atoms with E-state index in [-0.39, 0.29) is 0 Å². The van der Waals surface area contributed by atoms with E-state index in [0.29, 0.717) is 22.0 Å². The molecule has 2 nitrogen and oxygen atoms in total. The topological polar surface area (TPSA) is 33.0 Å². The maximum atomic E-state index is 8.67. The van der Waals surface area contributed by atoms with Crippen molar-refractivity contribution in [2.24, 2.45) is 22.7 Å². The highest BCUT2D eigenvalue weighted by molar-refractivity contribution is 5.36. The number of rotatable bonds is 2. The smallest absolute Gasteiger partial charge is 0.292 e. The largest absolute Gasteiger partial charge is 0.388 e. The van der Waals surface area contributed by atoms with E-state index in [4.69, 9.17) is 10.00 Å². The van der Waals surface area contributed by atoms with Crippen LogP contribution in [0.1, 0.15) is 64.9 Å². The molecule has 5 rings (SSSR count). The second kappa shape index (κ2) is 4.76. The van der Waals surface area contributed by atoms with Gasteiger partial charge < -0.3 is 4.74 Å². The summed E-state index contributed by atoms with van der Waals surface area (Å²) < 4.78 is 4.96. The van der Waals surface area contributed by atoms with E-state index in [2.05, 4.69) is 32.9 Å². The number of benzene rings is 1. The predicted molar refractivity (Wildman–Crippen MR) is 90.9 cm³/mol. The average molecular weight is 309 g/mol. The molecule has 122 valence electrons. The fraction of sp³-hybridized carbons (Fsp3) is 0.667. The van der Waals surface area contributed by atoms with E-state index >= 15 is 0 Å². The Morgan fingerprint density at radius 2 is 1.65 bits per heavy atom. The molecule has 23 heavy (non-hydrogen) atoms. The summed E-state index contributed by atoms with van der Waals surface area (Å²) in [6, 6.07) is 8.38. The molecule has 4 aliphatic carbocycles. The summed E-state index contributed by atoms with van der Waals surface area (Å²) >= 11 is 0. The van der Waals surface area contributed by atoms with Crippen molar-refractivity contribution >= 4 is 0 Å². The van der Waals surface area contributed by atoms with Crippen LogP contribution in [0.5, 0.6) is 5.75 Å². The highest BCUT2D eigenvalue weighted by Gasteiger charge is 2.61. The first-order chi connectivity index (χ1) is 10.9. The zero-order valence-corrected chi connectivity index (χ0v) is 14.6. The Labute approximate surface area is 139 Å². The molecule has 0 amide bonds. The summed E-state index contributed by atoms with van der Waals surface area (Å²) in [5.41, 5.74) is 2.74. The van der Waals surface area contributed by atoms with Gasteiger partial charge in [0.15, 0.2) is 0 Å². The molecule has 2 unspecified atom stereocenters. The quantitative estimate of drug-likeness (QED) is 0.682. The van der Waals surface area contributed by atoms with Crippen LogP contribution in [0.15, 0.2) is 24.3 Å². The van der Waals surface area contributed by atoms with Crippen LogP contribution < -0.4 is 4.74 Å². The van der Waals surface area contributed by atoms with Crippen molar-refractivity contribution in [2.45, 2.75) is 64.7 Å². The minimum absolute atomic E-state index is 0.364. The summed E-state index contributed by atoms with van der Waals surface area (Å²) in [6.07, 6.45) is 10.2. The molecule has 0 N–H and O–H groups in total. The summed E-state index contributed by atoms with van der Waals surface area (Å²) in [6.45, 7) is 7.37. The molecule has 2 heteroatoms. The molecule has 4 bridgehead atoms. The Morgan fingerprint density at radius 1 is 1.04 bits per heavy atom. The lowest BCUT2D eigenvalue weighted by Crippen LogP contribution is -2.58. The van der Waals surface area contributed by atoms with E-state index in [0.717, 1.165) is 11.8 Å². The van der Waals surface area contributed by atoms with Crippen molar-refractivity contribution in [3.05, 3.63) is 29.8 Å². The van der Waals surface area contributed by atoms with Crippen molar-refractivity contribution in [1.82, 2.24) is 0 Å². The molecule has 2 atom stereocenters. The van der Waals surface area contributed by atoms with Gasteiger partial charge in [0, 0.05) is 0 Å². The second-order valence-corrected chi connectivity index (χ2v) is 9.49. The molecule has 0 heterocycles. The predicted octanol–water partition coefficient (Wildman–Crippen LogP) is 5.43. The van der Waals surface area contributed by atoms with Crippen LogP contribution in [-0.2, 0) is 5.41 Å². The average Bonchev–Trinajstić information content (AvgIpc) is 2.46. The van der Waals surface area contributed by atoms with Gasteiger partial charge >= 0.3 is 0 Å². The number of nitriles is 1. The van der Waals surface area contributed by atoms with Gasteiger partial charge in [-0.25, -0.2) is 0 Å². The maximum Gasteiger partial charge on any atom is 0.292 e. The van der Waals surface area contributed by atoms with Crippen molar-refractivity contribution < 1.29 is 4.74 Å². The zero-order chi connectivity index (χ0) is 16.3. The van der Waals surface area contributed by atoms with Crippen LogP contribution in [0, 0.1) is 34.2 Å². The SMILES string of the molecule is CC(C)(C)C12CC3CC(CC(c4ccc(OC#N)cc4)(C3)C1)C2. The van der Waals surface area contributed by atoms with E-state index in [1.165, 1.54) is 44.1 Å². The number of nitrogens with zero attached hydrogens (tertiary/aromatic N) is 1. The van der Waals surface area contributed by atoms with Crippen molar-refractivity contribution in [3.8, 4) is 12.0 Å². The summed E-state index contributed by atoms with van der Waals surface area (Å²) in [4.78, 5) is 0. The van der Waals surface area contributed by atoms with E-state index in [9.17, 15) is 0 Å². The van der Waals surface area contributed by atoms with E-state index in [1.54, 1.807) is 6.26 Å². The van der Waals surface area contributed by atoms with Crippen LogP contribution >= 0.6 is 0 Å². The molecule has 0 saturated heterocycles. The van der Waals surface area contributed by atoms with Crippen molar-refractivity contribution in [1.29, 1.82) is 5.26 Å². The fourth-order valence-corrected chi connectivity index (χ4v) is 6.41. The Kier molecular flexibility index (Phi) is 3.12. The normalized spacial score (nSPS) is 38.3. The van der Waals surface area contributed by atoms with Gasteiger partial charge in [-0.1, -0.05) is 32.9 Å². The highest BCUT2D eigenvalue weighted by Crippen LogP contribution is 2.70. The van der Waals surface area contributed by atoms with Crippen molar-refractivity contribution in [3.63, 3.8) is 0 Å². The number of hydrogen-bond donors (Lipinski definition) is 0. The monoisotopic (exact) mass is 309 g/mol. The Morgan fingerprint density at radius 3 is 2.17 bits per heavy atom. The van der Waals surface area contributed by atoms with Crippen LogP contribution in [0.25, 0.3) is 0 Å².